The van der Waals surface area contributed by atoms with E-state index in [2.05, 4.69) is 15.5 Å². The molecule has 2 N–H and O–H groups in total. The summed E-state index contributed by atoms with van der Waals surface area (Å²) < 4.78 is 67.9. The van der Waals surface area contributed by atoms with Crippen LogP contribution >= 0.6 is 12.2 Å². The highest BCUT2D eigenvalue weighted by atomic mass is 32.1. The minimum Gasteiger partial charge on any atom is -0.489 e. The first kappa shape index (κ1) is 40.3. The molecular weight excluding hydrogens is 783 g/mol. The molecule has 3 aromatic carbocycles. The van der Waals surface area contributed by atoms with Crippen molar-refractivity contribution in [1.82, 2.24) is 15.1 Å². The van der Waals surface area contributed by atoms with Crippen LogP contribution < -0.4 is 25.2 Å². The van der Waals surface area contributed by atoms with Crippen LogP contribution in [-0.4, -0.2) is 90.0 Å². The number of alkyl halides is 3. The second-order valence-corrected chi connectivity index (χ2v) is 15.1. The Bertz CT molecular complexity index is 2370. The Morgan fingerprint density at radius 3 is 2.45 bits per heavy atom. The number of ether oxygens (including phenoxy) is 1. The first-order chi connectivity index (χ1) is 27.5. The van der Waals surface area contributed by atoms with Gasteiger partial charge in [0.25, 0.3) is 5.91 Å². The molecule has 0 saturated carbocycles. The third kappa shape index (κ3) is 7.97. The molecular formula is C40H37F4N7O6S. The van der Waals surface area contributed by atoms with Gasteiger partial charge in [-0.15, -0.1) is 0 Å². The molecule has 0 spiro atoms. The summed E-state index contributed by atoms with van der Waals surface area (Å²) in [4.78, 5) is 57.0. The monoisotopic (exact) mass is 819 g/mol. The van der Waals surface area contributed by atoms with Crippen LogP contribution in [0.15, 0.2) is 65.3 Å². The maximum Gasteiger partial charge on any atom is 0.417 e. The lowest BCUT2D eigenvalue weighted by atomic mass is 9.90. The zero-order valence-electron chi connectivity index (χ0n) is 31.3. The number of furan rings is 1. The van der Waals surface area contributed by atoms with E-state index in [1.807, 2.05) is 4.90 Å². The number of fused-ring (bicyclic) bond motifs is 1. The van der Waals surface area contributed by atoms with Crippen LogP contribution in [-0.2, 0) is 25.4 Å². The summed E-state index contributed by atoms with van der Waals surface area (Å²) >= 11 is 5.55. The van der Waals surface area contributed by atoms with Gasteiger partial charge in [0, 0.05) is 67.5 Å². The average Bonchev–Trinajstić information content (AvgIpc) is 3.66. The predicted octanol–water partition coefficient (Wildman–Crippen LogP) is 5.53. The summed E-state index contributed by atoms with van der Waals surface area (Å²) in [5, 5.41) is 15.0. The van der Waals surface area contributed by atoms with E-state index in [4.69, 9.17) is 21.4 Å². The van der Waals surface area contributed by atoms with E-state index < -0.39 is 40.5 Å². The normalized spacial score (nSPS) is 19.1. The molecule has 4 heterocycles. The number of thiocarbonyl (C=S) groups is 1. The van der Waals surface area contributed by atoms with Crippen LogP contribution in [0.4, 0.5) is 34.6 Å². The van der Waals surface area contributed by atoms with Crippen LogP contribution in [0.25, 0.3) is 11.0 Å². The summed E-state index contributed by atoms with van der Waals surface area (Å²) in [5.74, 6) is -2.80. The van der Waals surface area contributed by atoms with Gasteiger partial charge < -0.3 is 19.4 Å². The molecule has 0 aliphatic carbocycles. The van der Waals surface area contributed by atoms with Gasteiger partial charge in [-0.25, -0.2) is 4.39 Å². The summed E-state index contributed by atoms with van der Waals surface area (Å²) in [6.07, 6.45) is -2.72. The summed E-state index contributed by atoms with van der Waals surface area (Å²) in [7, 11) is 0. The number of carbonyl (C=O) groups is 4. The Kier molecular flexibility index (Phi) is 11.0. The smallest absolute Gasteiger partial charge is 0.417 e. The van der Waals surface area contributed by atoms with E-state index >= 15 is 4.39 Å². The summed E-state index contributed by atoms with van der Waals surface area (Å²) in [6.45, 7) is 6.35. The van der Waals surface area contributed by atoms with Gasteiger partial charge in [0.1, 0.15) is 17.7 Å². The number of piperazine rings is 1. The molecule has 0 bridgehead atoms. The van der Waals surface area contributed by atoms with Crippen molar-refractivity contribution >= 4 is 69.0 Å². The van der Waals surface area contributed by atoms with Gasteiger partial charge >= 0.3 is 6.18 Å². The molecule has 0 radical (unpaired) electrons. The molecule has 58 heavy (non-hydrogen) atoms. The molecule has 3 saturated heterocycles. The highest BCUT2D eigenvalue weighted by Gasteiger charge is 2.51. The number of carbonyl (C=O) groups excluding carboxylic acids is 4. The van der Waals surface area contributed by atoms with Gasteiger partial charge in [0.2, 0.25) is 17.7 Å². The maximum atomic E-state index is 15.4. The van der Waals surface area contributed by atoms with Crippen molar-refractivity contribution in [3.8, 4) is 11.8 Å². The van der Waals surface area contributed by atoms with Gasteiger partial charge in [0.15, 0.2) is 16.7 Å². The first-order valence-electron chi connectivity index (χ1n) is 18.4. The first-order valence-corrected chi connectivity index (χ1v) is 18.8. The van der Waals surface area contributed by atoms with Gasteiger partial charge in [-0.1, -0.05) is 0 Å². The van der Waals surface area contributed by atoms with Gasteiger partial charge in [-0.3, -0.25) is 39.2 Å². The van der Waals surface area contributed by atoms with E-state index in [0.717, 1.165) is 17.0 Å². The number of nitrogens with zero attached hydrogens (tertiary/aromatic N) is 5. The highest BCUT2D eigenvalue weighted by molar-refractivity contribution is 7.81. The number of piperidine rings is 1. The van der Waals surface area contributed by atoms with E-state index in [1.165, 1.54) is 49.3 Å². The Morgan fingerprint density at radius 1 is 1.03 bits per heavy atom. The second-order valence-electron chi connectivity index (χ2n) is 14.7. The second kappa shape index (κ2) is 15.8. The van der Waals surface area contributed by atoms with Crippen molar-refractivity contribution in [3.63, 3.8) is 0 Å². The summed E-state index contributed by atoms with van der Waals surface area (Å²) in [6, 6.07) is 13.7. The van der Waals surface area contributed by atoms with Crippen molar-refractivity contribution in [2.45, 2.75) is 44.3 Å². The SMILES string of the molecule is CC1(C)C(=O)N(c2ccc(C#N)c(C(F)(F)F)c2)C(=S)N1c1ccc(OCCN2CCN(CC(=O)Nc3ccc4occ([C@@H]5CCC(=O)NC5=O)c4c3)CC2)c(F)c1. The van der Waals surface area contributed by atoms with Crippen LogP contribution in [0, 0.1) is 17.1 Å². The molecule has 1 aromatic heterocycles. The van der Waals surface area contributed by atoms with Crippen molar-refractivity contribution in [1.29, 1.82) is 5.26 Å². The number of imide groups is 1. The molecule has 4 aromatic rings. The number of hydrogen-bond donors (Lipinski definition) is 2. The molecule has 0 unspecified atom stereocenters. The molecule has 1 atom stereocenters. The lowest BCUT2D eigenvalue weighted by Crippen LogP contribution is -2.49. The number of halogens is 4. The number of hydrogen-bond acceptors (Lipinski definition) is 10. The molecule has 3 aliphatic heterocycles. The van der Waals surface area contributed by atoms with Crippen LogP contribution in [0.3, 0.4) is 0 Å². The molecule has 302 valence electrons. The van der Waals surface area contributed by atoms with Gasteiger partial charge in [-0.2, -0.15) is 18.4 Å². The third-order valence-corrected chi connectivity index (χ3v) is 10.9. The van der Waals surface area contributed by atoms with Crippen LogP contribution in [0.2, 0.25) is 0 Å². The molecule has 3 aliphatic rings. The lowest BCUT2D eigenvalue weighted by molar-refractivity contribution is -0.138. The summed E-state index contributed by atoms with van der Waals surface area (Å²) in [5.41, 5.74) is -1.40. The van der Waals surface area contributed by atoms with Crippen molar-refractivity contribution in [3.05, 3.63) is 83.4 Å². The minimum absolute atomic E-state index is 0.0371. The minimum atomic E-state index is -4.85. The van der Waals surface area contributed by atoms with E-state index in [-0.39, 0.29) is 59.5 Å². The fourth-order valence-electron chi connectivity index (χ4n) is 7.45. The standard InChI is InChI=1S/C40H37F4N7O6S/c1-39(2)37(55)50(25-5-3-23(20-45)30(18-25)40(42,43)44)38(58)51(39)26-6-9-33(31(41)19-26)56-16-15-48-11-13-49(14-12-48)21-35(53)46-24-4-8-32-28(17-24)29(22-57-32)27-7-10-34(52)47-36(27)54/h3-6,8-9,17-19,22,27H,7,10-16,21H2,1-2H3,(H,46,53)(H,47,52,54)/t27-/m0/s1. The lowest BCUT2D eigenvalue weighted by Gasteiger charge is -2.34. The average molecular weight is 820 g/mol. The maximum absolute atomic E-state index is 15.4. The Morgan fingerprint density at radius 2 is 1.76 bits per heavy atom. The van der Waals surface area contributed by atoms with Crippen molar-refractivity contribution in [2.75, 3.05) is 61.0 Å². The zero-order chi connectivity index (χ0) is 41.5. The Labute approximate surface area is 335 Å². The molecule has 18 heteroatoms. The van der Waals surface area contributed by atoms with Crippen LogP contribution in [0.1, 0.15) is 49.3 Å². The topological polar surface area (TPSA) is 151 Å². The van der Waals surface area contributed by atoms with Gasteiger partial charge in [0.05, 0.1) is 41.6 Å². The fraction of sp³-hybridized carbons (Fsp3) is 0.350. The van der Waals surface area contributed by atoms with Crippen molar-refractivity contribution < 1.29 is 45.9 Å². The number of benzene rings is 3. The Balaban J connectivity index is 0.899. The number of nitriles is 1. The molecule has 3 fully saturated rings. The number of nitrogens with one attached hydrogen (secondary N) is 2. The van der Waals surface area contributed by atoms with Crippen LogP contribution in [0.5, 0.6) is 5.75 Å². The number of amides is 4. The quantitative estimate of drug-likeness (QED) is 0.118. The predicted molar refractivity (Wildman–Crippen MR) is 208 cm³/mol. The molecule has 13 nitrogen and oxygen atoms in total. The van der Waals surface area contributed by atoms with Crippen molar-refractivity contribution in [2.24, 2.45) is 0 Å². The highest BCUT2D eigenvalue weighted by Crippen LogP contribution is 2.40. The van der Waals surface area contributed by atoms with E-state index in [9.17, 15) is 37.6 Å². The zero-order valence-corrected chi connectivity index (χ0v) is 32.1. The largest absolute Gasteiger partial charge is 0.489 e. The van der Waals surface area contributed by atoms with Gasteiger partial charge in [-0.05, 0) is 81.0 Å². The molecule has 7 rings (SSSR count). The molecule has 4 amide bonds. The fourth-order valence-corrected chi connectivity index (χ4v) is 7.97. The van der Waals surface area contributed by atoms with E-state index in [0.29, 0.717) is 67.4 Å². The van der Waals surface area contributed by atoms with E-state index in [1.54, 1.807) is 18.2 Å². The number of rotatable bonds is 10. The number of anilines is 3. The Hall–Kier alpha value is -5.90. The third-order valence-electron chi connectivity index (χ3n) is 10.5.